The Balaban J connectivity index is 0.00000261. The van der Waals surface area contributed by atoms with Gasteiger partial charge < -0.3 is 20.1 Å². The number of carbonyl (C=O) groups excluding carboxylic acids is 1. The molecule has 1 aromatic heterocycles. The van der Waals surface area contributed by atoms with E-state index >= 15 is 0 Å². The average molecular weight is 465 g/mol. The SMILES string of the molecule is CN(C)C1CCCN(C(=O)[C@@H](N)Cc2cn(Cc3ccccc3)cn2)C1.Cl.Cl.Cl. The Kier molecular flexibility index (Phi) is 12.5. The third-order valence-corrected chi connectivity index (χ3v) is 5.08. The summed E-state index contributed by atoms with van der Waals surface area (Å²) in [6.45, 7) is 2.34. The van der Waals surface area contributed by atoms with Crippen LogP contribution in [0.1, 0.15) is 24.1 Å². The number of nitrogens with zero attached hydrogens (tertiary/aromatic N) is 4. The number of likely N-dealkylation sites (N-methyl/N-ethyl adjacent to an activating group) is 1. The van der Waals surface area contributed by atoms with Crippen LogP contribution in [0.25, 0.3) is 0 Å². The quantitative estimate of drug-likeness (QED) is 0.713. The molecule has 0 aliphatic carbocycles. The minimum atomic E-state index is -0.531. The van der Waals surface area contributed by atoms with Gasteiger partial charge in [0.25, 0.3) is 0 Å². The molecule has 1 fully saturated rings. The summed E-state index contributed by atoms with van der Waals surface area (Å²) in [5.74, 6) is 0.0363. The number of amides is 1. The monoisotopic (exact) mass is 463 g/mol. The first-order chi connectivity index (χ1) is 12.5. The first kappa shape index (κ1) is 27.7. The predicted molar refractivity (Wildman–Crippen MR) is 124 cm³/mol. The highest BCUT2D eigenvalue weighted by molar-refractivity contribution is 5.86. The normalized spacial score (nSPS) is 17.0. The van der Waals surface area contributed by atoms with Crippen LogP contribution in [0, 0.1) is 0 Å². The first-order valence-electron chi connectivity index (χ1n) is 9.28. The fraction of sp³-hybridized carbons (Fsp3) is 0.500. The lowest BCUT2D eigenvalue weighted by Crippen LogP contribution is -2.52. The molecule has 2 atom stereocenters. The molecular weight excluding hydrogens is 433 g/mol. The van der Waals surface area contributed by atoms with Gasteiger partial charge in [-0.05, 0) is 32.5 Å². The standard InChI is InChI=1S/C20H29N5O.3ClH/c1-23(2)18-9-6-10-25(14-18)20(26)19(21)11-17-13-24(15-22-17)12-16-7-4-3-5-8-16;;;/h3-5,7-8,13,15,18-19H,6,9-12,14,21H2,1-2H3;3*1H/t18?,19-;;;/m0.../s1. The molecule has 6 nitrogen and oxygen atoms in total. The highest BCUT2D eigenvalue weighted by Crippen LogP contribution is 2.15. The number of aromatic nitrogens is 2. The Morgan fingerprint density at radius 3 is 2.59 bits per heavy atom. The van der Waals surface area contributed by atoms with Gasteiger partial charge in [0.1, 0.15) is 0 Å². The van der Waals surface area contributed by atoms with Crippen LogP contribution in [0.15, 0.2) is 42.9 Å². The van der Waals surface area contributed by atoms with E-state index in [4.69, 9.17) is 5.73 Å². The van der Waals surface area contributed by atoms with Gasteiger partial charge in [0.15, 0.2) is 0 Å². The lowest BCUT2D eigenvalue weighted by Gasteiger charge is -2.37. The smallest absolute Gasteiger partial charge is 0.239 e. The van der Waals surface area contributed by atoms with E-state index in [2.05, 4.69) is 36.1 Å². The van der Waals surface area contributed by atoms with Gasteiger partial charge in [0, 0.05) is 38.3 Å². The van der Waals surface area contributed by atoms with Crippen LogP contribution in [-0.4, -0.2) is 64.5 Å². The van der Waals surface area contributed by atoms with Gasteiger partial charge in [-0.3, -0.25) is 4.79 Å². The van der Waals surface area contributed by atoms with Crippen molar-refractivity contribution in [3.63, 3.8) is 0 Å². The predicted octanol–water partition coefficient (Wildman–Crippen LogP) is 2.62. The van der Waals surface area contributed by atoms with E-state index in [-0.39, 0.29) is 43.1 Å². The Hall–Kier alpha value is -1.31. The van der Waals surface area contributed by atoms with Crippen molar-refractivity contribution in [2.24, 2.45) is 5.73 Å². The minimum Gasteiger partial charge on any atom is -0.340 e. The van der Waals surface area contributed by atoms with Crippen molar-refractivity contribution >= 4 is 43.1 Å². The summed E-state index contributed by atoms with van der Waals surface area (Å²) >= 11 is 0. The summed E-state index contributed by atoms with van der Waals surface area (Å²) < 4.78 is 2.03. The molecule has 2 aromatic rings. The maximum absolute atomic E-state index is 12.7. The fourth-order valence-electron chi connectivity index (χ4n) is 3.52. The summed E-state index contributed by atoms with van der Waals surface area (Å²) in [6, 6.07) is 10.1. The Morgan fingerprint density at radius 2 is 1.93 bits per heavy atom. The second-order valence-electron chi connectivity index (χ2n) is 7.38. The molecule has 164 valence electrons. The molecule has 1 amide bonds. The van der Waals surface area contributed by atoms with E-state index in [0.717, 1.165) is 38.2 Å². The number of hydrogen-bond acceptors (Lipinski definition) is 4. The summed E-state index contributed by atoms with van der Waals surface area (Å²) in [5, 5.41) is 0. The number of benzene rings is 1. The number of hydrogen-bond donors (Lipinski definition) is 1. The van der Waals surface area contributed by atoms with Crippen molar-refractivity contribution in [2.45, 2.75) is 37.9 Å². The van der Waals surface area contributed by atoms with Crippen molar-refractivity contribution in [3.8, 4) is 0 Å². The van der Waals surface area contributed by atoms with Gasteiger partial charge in [0.2, 0.25) is 5.91 Å². The van der Waals surface area contributed by atoms with Crippen molar-refractivity contribution in [2.75, 3.05) is 27.2 Å². The zero-order valence-electron chi connectivity index (χ0n) is 16.9. The minimum absolute atomic E-state index is 0. The van der Waals surface area contributed by atoms with E-state index in [1.54, 1.807) is 0 Å². The largest absolute Gasteiger partial charge is 0.340 e. The van der Waals surface area contributed by atoms with Gasteiger partial charge >= 0.3 is 0 Å². The summed E-state index contributed by atoms with van der Waals surface area (Å²) in [5.41, 5.74) is 8.30. The lowest BCUT2D eigenvalue weighted by molar-refractivity contribution is -0.134. The van der Waals surface area contributed by atoms with Crippen LogP contribution in [0.3, 0.4) is 0 Å². The van der Waals surface area contributed by atoms with E-state index in [1.807, 2.05) is 40.2 Å². The highest BCUT2D eigenvalue weighted by Gasteiger charge is 2.28. The van der Waals surface area contributed by atoms with Crippen LogP contribution < -0.4 is 5.73 Å². The van der Waals surface area contributed by atoms with Gasteiger partial charge in [-0.15, -0.1) is 37.2 Å². The molecule has 9 heteroatoms. The molecular formula is C20H32Cl3N5O. The third-order valence-electron chi connectivity index (χ3n) is 5.08. The molecule has 0 bridgehead atoms. The molecule has 1 aliphatic heterocycles. The van der Waals surface area contributed by atoms with Crippen molar-refractivity contribution in [1.82, 2.24) is 19.4 Å². The Labute approximate surface area is 192 Å². The maximum atomic E-state index is 12.7. The summed E-state index contributed by atoms with van der Waals surface area (Å²) in [4.78, 5) is 21.3. The molecule has 2 heterocycles. The maximum Gasteiger partial charge on any atom is 0.239 e. The third kappa shape index (κ3) is 7.79. The molecule has 2 N–H and O–H groups in total. The Bertz CT molecular complexity index is 726. The molecule has 3 rings (SSSR count). The molecule has 0 radical (unpaired) electrons. The van der Waals surface area contributed by atoms with Crippen LogP contribution >= 0.6 is 37.2 Å². The van der Waals surface area contributed by atoms with Gasteiger partial charge in [-0.25, -0.2) is 4.98 Å². The van der Waals surface area contributed by atoms with E-state index in [0.29, 0.717) is 12.5 Å². The highest BCUT2D eigenvalue weighted by atomic mass is 35.5. The fourth-order valence-corrected chi connectivity index (χ4v) is 3.52. The average Bonchev–Trinajstić information content (AvgIpc) is 3.08. The molecule has 1 aliphatic rings. The van der Waals surface area contributed by atoms with E-state index in [9.17, 15) is 4.79 Å². The number of nitrogens with two attached hydrogens (primary N) is 1. The van der Waals surface area contributed by atoms with Crippen LogP contribution in [0.2, 0.25) is 0 Å². The Morgan fingerprint density at radius 1 is 1.24 bits per heavy atom. The van der Waals surface area contributed by atoms with Gasteiger partial charge in [-0.1, -0.05) is 30.3 Å². The van der Waals surface area contributed by atoms with Crippen LogP contribution in [-0.2, 0) is 17.8 Å². The van der Waals surface area contributed by atoms with Crippen molar-refractivity contribution in [3.05, 3.63) is 54.1 Å². The van der Waals surface area contributed by atoms with Gasteiger partial charge in [0.05, 0.1) is 18.1 Å². The second kappa shape index (κ2) is 13.1. The van der Waals surface area contributed by atoms with Gasteiger partial charge in [-0.2, -0.15) is 0 Å². The molecule has 0 spiro atoms. The molecule has 1 saturated heterocycles. The van der Waals surface area contributed by atoms with Crippen molar-refractivity contribution in [1.29, 1.82) is 0 Å². The number of imidazole rings is 1. The first-order valence-corrected chi connectivity index (χ1v) is 9.28. The molecule has 0 saturated carbocycles. The lowest BCUT2D eigenvalue weighted by atomic mass is 10.0. The zero-order chi connectivity index (χ0) is 18.5. The van der Waals surface area contributed by atoms with Crippen LogP contribution in [0.5, 0.6) is 0 Å². The number of likely N-dealkylation sites (tertiary alicyclic amines) is 1. The number of piperidine rings is 1. The molecule has 1 aromatic carbocycles. The number of halogens is 3. The molecule has 29 heavy (non-hydrogen) atoms. The number of carbonyl (C=O) groups is 1. The van der Waals surface area contributed by atoms with E-state index in [1.165, 1.54) is 5.56 Å². The van der Waals surface area contributed by atoms with E-state index < -0.39 is 6.04 Å². The summed E-state index contributed by atoms with van der Waals surface area (Å²) in [6.07, 6.45) is 6.44. The second-order valence-corrected chi connectivity index (χ2v) is 7.38. The molecule has 1 unspecified atom stereocenters. The zero-order valence-corrected chi connectivity index (χ0v) is 19.4. The van der Waals surface area contributed by atoms with Crippen LogP contribution in [0.4, 0.5) is 0 Å². The topological polar surface area (TPSA) is 67.4 Å². The number of rotatable bonds is 6. The van der Waals surface area contributed by atoms with Crippen molar-refractivity contribution < 1.29 is 4.79 Å². The summed E-state index contributed by atoms with van der Waals surface area (Å²) in [7, 11) is 4.13.